The number of carbonyl (C=O) groups excluding carboxylic acids is 1. The van der Waals surface area contributed by atoms with Gasteiger partial charge in [0.1, 0.15) is 0 Å². The molecule has 0 unspecified atom stereocenters. The molecule has 0 aliphatic heterocycles. The van der Waals surface area contributed by atoms with E-state index in [0.29, 0.717) is 6.54 Å². The van der Waals surface area contributed by atoms with E-state index in [-0.39, 0.29) is 35.3 Å². The molecule has 1 saturated carbocycles. The molecule has 0 spiro atoms. The second-order valence-corrected chi connectivity index (χ2v) is 8.56. The molecule has 26 heavy (non-hydrogen) atoms. The van der Waals surface area contributed by atoms with Crippen LogP contribution in [-0.4, -0.2) is 31.5 Å². The van der Waals surface area contributed by atoms with E-state index in [1.165, 1.54) is 37.0 Å². The Balaban J connectivity index is 0.00000338. The van der Waals surface area contributed by atoms with E-state index < -0.39 is 5.41 Å². The quantitative estimate of drug-likeness (QED) is 0.309. The van der Waals surface area contributed by atoms with Crippen LogP contribution in [0.25, 0.3) is 0 Å². The maximum atomic E-state index is 11.5. The van der Waals surface area contributed by atoms with Crippen LogP contribution < -0.4 is 16.4 Å². The van der Waals surface area contributed by atoms with Crippen molar-refractivity contribution in [2.75, 3.05) is 19.6 Å². The number of nitrogens with zero attached hydrogens (tertiary/aromatic N) is 1. The first-order chi connectivity index (χ1) is 11.9. The van der Waals surface area contributed by atoms with Gasteiger partial charge in [-0.2, -0.15) is 0 Å². The predicted molar refractivity (Wildman–Crippen MR) is 121 cm³/mol. The Hall–Kier alpha value is -0.830. The van der Waals surface area contributed by atoms with Crippen LogP contribution in [0, 0.1) is 5.41 Å². The number of hydrogen-bond acceptors (Lipinski definition) is 3. The molecule has 0 radical (unpaired) electrons. The van der Waals surface area contributed by atoms with Crippen molar-refractivity contribution in [3.63, 3.8) is 0 Å². The molecule has 0 aromatic carbocycles. The Morgan fingerprint density at radius 1 is 1.31 bits per heavy atom. The van der Waals surface area contributed by atoms with Gasteiger partial charge in [0.25, 0.3) is 0 Å². The van der Waals surface area contributed by atoms with Gasteiger partial charge in [0.05, 0.1) is 12.0 Å². The second kappa shape index (κ2) is 10.5. The van der Waals surface area contributed by atoms with Crippen molar-refractivity contribution in [2.45, 2.75) is 58.3 Å². The maximum Gasteiger partial charge on any atom is 0.224 e. The summed E-state index contributed by atoms with van der Waals surface area (Å²) >= 11 is 1.85. The molecule has 148 valence electrons. The molecule has 0 atom stereocenters. The molecular formula is C19H33IN4OS. The van der Waals surface area contributed by atoms with Crippen LogP contribution in [0.5, 0.6) is 0 Å². The summed E-state index contributed by atoms with van der Waals surface area (Å²) in [5.41, 5.74) is 5.01. The third-order valence-corrected chi connectivity index (χ3v) is 6.21. The molecule has 1 heterocycles. The number of primary amides is 1. The van der Waals surface area contributed by atoms with Crippen LogP contribution in [-0.2, 0) is 10.2 Å². The SMILES string of the molecule is CCNC(=NCC(C)(C)C(N)=O)NCC1(c2cccs2)CCCCC1.I. The zero-order valence-electron chi connectivity index (χ0n) is 16.1. The Kier molecular flexibility index (Phi) is 9.36. The Morgan fingerprint density at radius 3 is 2.54 bits per heavy atom. The van der Waals surface area contributed by atoms with Gasteiger partial charge < -0.3 is 16.4 Å². The summed E-state index contributed by atoms with van der Waals surface area (Å²) < 4.78 is 0. The van der Waals surface area contributed by atoms with Gasteiger partial charge in [-0.3, -0.25) is 9.79 Å². The number of thiophene rings is 1. The van der Waals surface area contributed by atoms with Crippen molar-refractivity contribution in [1.29, 1.82) is 0 Å². The van der Waals surface area contributed by atoms with E-state index in [0.717, 1.165) is 19.0 Å². The number of amides is 1. The fraction of sp³-hybridized carbons (Fsp3) is 0.684. The number of carbonyl (C=O) groups is 1. The lowest BCUT2D eigenvalue weighted by molar-refractivity contribution is -0.125. The van der Waals surface area contributed by atoms with Crippen LogP contribution in [0.2, 0.25) is 0 Å². The zero-order valence-corrected chi connectivity index (χ0v) is 19.3. The first-order valence-corrected chi connectivity index (χ1v) is 10.1. The summed E-state index contributed by atoms with van der Waals surface area (Å²) in [4.78, 5) is 17.6. The van der Waals surface area contributed by atoms with Gasteiger partial charge in [0.15, 0.2) is 5.96 Å². The third-order valence-electron chi connectivity index (χ3n) is 5.09. The third kappa shape index (κ3) is 6.11. The highest BCUT2D eigenvalue weighted by Crippen LogP contribution is 2.41. The van der Waals surface area contributed by atoms with Gasteiger partial charge >= 0.3 is 0 Å². The molecular weight excluding hydrogens is 459 g/mol. The normalized spacial score (nSPS) is 17.3. The van der Waals surface area contributed by atoms with Crippen molar-refractivity contribution in [1.82, 2.24) is 10.6 Å². The monoisotopic (exact) mass is 492 g/mol. The standard InChI is InChI=1S/C19H32N4OS.HI/c1-4-21-17(22-13-18(2,3)16(20)24)23-14-19(10-6-5-7-11-19)15-9-8-12-25-15;/h8-9,12H,4-7,10-11,13-14H2,1-3H3,(H2,20,24)(H2,21,22,23);1H. The molecule has 1 aromatic rings. The van der Waals surface area contributed by atoms with Crippen molar-refractivity contribution in [3.05, 3.63) is 22.4 Å². The van der Waals surface area contributed by atoms with Crippen molar-refractivity contribution in [3.8, 4) is 0 Å². The Morgan fingerprint density at radius 2 is 2.00 bits per heavy atom. The lowest BCUT2D eigenvalue weighted by Crippen LogP contribution is -2.47. The summed E-state index contributed by atoms with van der Waals surface area (Å²) in [6.45, 7) is 7.74. The maximum absolute atomic E-state index is 11.5. The van der Waals surface area contributed by atoms with Crippen LogP contribution >= 0.6 is 35.3 Å². The van der Waals surface area contributed by atoms with E-state index in [4.69, 9.17) is 5.73 Å². The molecule has 1 aliphatic rings. The number of hydrogen-bond donors (Lipinski definition) is 3. The molecule has 7 heteroatoms. The largest absolute Gasteiger partial charge is 0.369 e. The minimum absolute atomic E-state index is 0. The summed E-state index contributed by atoms with van der Waals surface area (Å²) in [6.07, 6.45) is 6.32. The van der Waals surface area contributed by atoms with Gasteiger partial charge in [0.2, 0.25) is 5.91 Å². The highest BCUT2D eigenvalue weighted by molar-refractivity contribution is 14.0. The highest BCUT2D eigenvalue weighted by atomic mass is 127. The predicted octanol–water partition coefficient (Wildman–Crippen LogP) is 3.63. The molecule has 0 saturated heterocycles. The van der Waals surface area contributed by atoms with Gasteiger partial charge in [-0.05, 0) is 45.1 Å². The topological polar surface area (TPSA) is 79.5 Å². The van der Waals surface area contributed by atoms with Gasteiger partial charge in [-0.15, -0.1) is 35.3 Å². The zero-order chi connectivity index (χ0) is 18.3. The lowest BCUT2D eigenvalue weighted by Gasteiger charge is -2.37. The number of guanidine groups is 1. The van der Waals surface area contributed by atoms with Gasteiger partial charge in [-0.1, -0.05) is 25.3 Å². The number of aliphatic imine (C=N–C) groups is 1. The average Bonchev–Trinajstić information content (AvgIpc) is 3.13. The number of rotatable bonds is 7. The summed E-state index contributed by atoms with van der Waals surface area (Å²) in [7, 11) is 0. The van der Waals surface area contributed by atoms with Gasteiger partial charge in [0, 0.05) is 23.4 Å². The van der Waals surface area contributed by atoms with Crippen LogP contribution in [0.4, 0.5) is 0 Å². The van der Waals surface area contributed by atoms with Crippen LogP contribution in [0.3, 0.4) is 0 Å². The first kappa shape index (κ1) is 23.2. The minimum Gasteiger partial charge on any atom is -0.369 e. The van der Waals surface area contributed by atoms with E-state index in [1.54, 1.807) is 0 Å². The van der Waals surface area contributed by atoms with E-state index in [2.05, 4.69) is 33.1 Å². The average molecular weight is 492 g/mol. The lowest BCUT2D eigenvalue weighted by atomic mass is 9.73. The number of nitrogens with one attached hydrogen (secondary N) is 2. The van der Waals surface area contributed by atoms with Crippen molar-refractivity contribution < 1.29 is 4.79 Å². The molecule has 5 nitrogen and oxygen atoms in total. The first-order valence-electron chi connectivity index (χ1n) is 9.26. The van der Waals surface area contributed by atoms with Crippen LogP contribution in [0.15, 0.2) is 22.5 Å². The Labute approximate surface area is 178 Å². The van der Waals surface area contributed by atoms with E-state index in [9.17, 15) is 4.79 Å². The number of halogens is 1. The smallest absolute Gasteiger partial charge is 0.224 e. The van der Waals surface area contributed by atoms with Crippen molar-refractivity contribution >= 4 is 47.2 Å². The highest BCUT2D eigenvalue weighted by Gasteiger charge is 2.35. The Bertz CT molecular complexity index is 580. The molecule has 1 aliphatic carbocycles. The molecule has 4 N–H and O–H groups in total. The van der Waals surface area contributed by atoms with Gasteiger partial charge in [-0.25, -0.2) is 0 Å². The summed E-state index contributed by atoms with van der Waals surface area (Å²) in [6, 6.07) is 4.41. The fourth-order valence-electron chi connectivity index (χ4n) is 3.27. The molecule has 1 amide bonds. The van der Waals surface area contributed by atoms with Crippen LogP contribution in [0.1, 0.15) is 57.8 Å². The van der Waals surface area contributed by atoms with Crippen molar-refractivity contribution in [2.24, 2.45) is 16.1 Å². The molecule has 1 aromatic heterocycles. The van der Waals surface area contributed by atoms with E-state index in [1.807, 2.05) is 32.1 Å². The molecule has 1 fully saturated rings. The second-order valence-electron chi connectivity index (χ2n) is 7.62. The fourth-order valence-corrected chi connectivity index (χ4v) is 4.26. The minimum atomic E-state index is -0.640. The van der Waals surface area contributed by atoms with E-state index >= 15 is 0 Å². The molecule has 2 rings (SSSR count). The summed E-state index contributed by atoms with van der Waals surface area (Å²) in [5.74, 6) is 0.438. The molecule has 0 bridgehead atoms. The summed E-state index contributed by atoms with van der Waals surface area (Å²) in [5, 5.41) is 8.98. The number of nitrogens with two attached hydrogens (primary N) is 1.